The number of aromatic nitrogens is 3. The Morgan fingerprint density at radius 3 is 3.15 bits per heavy atom. The number of benzene rings is 1. The van der Waals surface area contributed by atoms with Gasteiger partial charge in [0.2, 0.25) is 0 Å². The third kappa shape index (κ3) is 1.97. The van der Waals surface area contributed by atoms with E-state index in [-0.39, 0.29) is 0 Å². The molecule has 0 aliphatic heterocycles. The first-order valence-corrected chi connectivity index (χ1v) is 7.70. The molecule has 4 nitrogen and oxygen atoms in total. The summed E-state index contributed by atoms with van der Waals surface area (Å²) < 4.78 is 3.98. The molecule has 1 aromatic carbocycles. The smallest absolute Gasteiger partial charge is 0.180 e. The summed E-state index contributed by atoms with van der Waals surface area (Å²) in [4.78, 5) is 8.79. The second-order valence-corrected chi connectivity index (χ2v) is 6.13. The number of nitrogens with zero attached hydrogens (tertiary/aromatic N) is 3. The van der Waals surface area contributed by atoms with Crippen molar-refractivity contribution in [3.8, 4) is 0 Å². The van der Waals surface area contributed by atoms with Gasteiger partial charge in [0.25, 0.3) is 0 Å². The lowest BCUT2D eigenvalue weighted by Gasteiger charge is -2.07. The van der Waals surface area contributed by atoms with Gasteiger partial charge in [0, 0.05) is 29.0 Å². The normalized spacial score (nSPS) is 11.2. The van der Waals surface area contributed by atoms with Crippen LogP contribution in [0.3, 0.4) is 0 Å². The summed E-state index contributed by atoms with van der Waals surface area (Å²) in [6, 6.07) is 8.41. The van der Waals surface area contributed by atoms with E-state index in [1.54, 1.807) is 17.5 Å². The SMILES string of the molecule is Brc1cn2ccnc2c(Nc2ccc3sccc3c2)n1. The summed E-state index contributed by atoms with van der Waals surface area (Å²) in [7, 11) is 0. The van der Waals surface area contributed by atoms with Gasteiger partial charge >= 0.3 is 0 Å². The van der Waals surface area contributed by atoms with Gasteiger partial charge in [-0.25, -0.2) is 9.97 Å². The van der Waals surface area contributed by atoms with E-state index < -0.39 is 0 Å². The average molecular weight is 345 g/mol. The zero-order chi connectivity index (χ0) is 13.5. The molecular formula is C14H9BrN4S. The largest absolute Gasteiger partial charge is 0.337 e. The van der Waals surface area contributed by atoms with Crippen molar-refractivity contribution < 1.29 is 0 Å². The van der Waals surface area contributed by atoms with Gasteiger partial charge in [0.05, 0.1) is 0 Å². The van der Waals surface area contributed by atoms with E-state index in [1.165, 1.54) is 10.1 Å². The number of hydrogen-bond acceptors (Lipinski definition) is 4. The molecule has 0 spiro atoms. The van der Waals surface area contributed by atoms with Gasteiger partial charge in [-0.2, -0.15) is 0 Å². The topological polar surface area (TPSA) is 42.2 Å². The van der Waals surface area contributed by atoms with Crippen molar-refractivity contribution in [1.82, 2.24) is 14.4 Å². The Kier molecular flexibility index (Phi) is 2.71. The molecule has 1 N–H and O–H groups in total. The molecule has 0 fully saturated rings. The maximum absolute atomic E-state index is 4.46. The van der Waals surface area contributed by atoms with Gasteiger partial charge in [-0.15, -0.1) is 11.3 Å². The van der Waals surface area contributed by atoms with Crippen molar-refractivity contribution >= 4 is 54.5 Å². The van der Waals surface area contributed by atoms with Gasteiger partial charge < -0.3 is 9.72 Å². The first kappa shape index (κ1) is 11.9. The predicted molar refractivity (Wildman–Crippen MR) is 85.8 cm³/mol. The molecule has 0 bridgehead atoms. The summed E-state index contributed by atoms with van der Waals surface area (Å²) in [6.07, 6.45) is 5.54. The first-order chi connectivity index (χ1) is 9.79. The highest BCUT2D eigenvalue weighted by molar-refractivity contribution is 9.10. The number of nitrogens with one attached hydrogen (secondary N) is 1. The van der Waals surface area contributed by atoms with Crippen LogP contribution in [0.1, 0.15) is 0 Å². The number of hydrogen-bond donors (Lipinski definition) is 1. The predicted octanol–water partition coefficient (Wildman–Crippen LogP) is 4.45. The Labute approximate surface area is 127 Å². The van der Waals surface area contributed by atoms with E-state index in [4.69, 9.17) is 0 Å². The van der Waals surface area contributed by atoms with Crippen LogP contribution in [-0.2, 0) is 0 Å². The van der Waals surface area contributed by atoms with Gasteiger partial charge in [-0.05, 0) is 51.0 Å². The Bertz CT molecular complexity index is 912. The molecule has 0 aliphatic rings. The molecule has 3 heterocycles. The standard InChI is InChI=1S/C14H9BrN4S/c15-12-8-19-5-4-16-14(19)13(18-12)17-10-1-2-11-9(7-10)3-6-20-11/h1-8H,(H,17,18). The Morgan fingerprint density at radius 1 is 1.25 bits per heavy atom. The van der Waals surface area contributed by atoms with Crippen molar-refractivity contribution in [3.05, 3.63) is 52.8 Å². The maximum atomic E-state index is 4.46. The minimum atomic E-state index is 0.735. The van der Waals surface area contributed by atoms with Crippen LogP contribution in [0, 0.1) is 0 Å². The summed E-state index contributed by atoms with van der Waals surface area (Å²) in [6.45, 7) is 0. The fourth-order valence-corrected chi connectivity index (χ4v) is 3.33. The molecule has 0 radical (unpaired) electrons. The molecule has 0 aliphatic carbocycles. The molecule has 0 saturated heterocycles. The van der Waals surface area contributed by atoms with Crippen molar-refractivity contribution in [2.24, 2.45) is 0 Å². The van der Waals surface area contributed by atoms with Crippen LogP contribution >= 0.6 is 27.3 Å². The van der Waals surface area contributed by atoms with E-state index in [2.05, 4.69) is 60.9 Å². The van der Waals surface area contributed by atoms with E-state index in [9.17, 15) is 0 Å². The zero-order valence-corrected chi connectivity index (χ0v) is 12.6. The third-order valence-corrected chi connectivity index (χ3v) is 4.34. The lowest BCUT2D eigenvalue weighted by atomic mass is 10.2. The minimum absolute atomic E-state index is 0.735. The summed E-state index contributed by atoms with van der Waals surface area (Å²) in [5.74, 6) is 0.735. The zero-order valence-electron chi connectivity index (χ0n) is 10.2. The molecule has 6 heteroatoms. The van der Waals surface area contributed by atoms with Crippen molar-refractivity contribution in [1.29, 1.82) is 0 Å². The van der Waals surface area contributed by atoms with E-state index in [1.807, 2.05) is 16.8 Å². The fraction of sp³-hybridized carbons (Fsp3) is 0. The van der Waals surface area contributed by atoms with Crippen LogP contribution in [-0.4, -0.2) is 14.4 Å². The average Bonchev–Trinajstić information content (AvgIpc) is 3.05. The molecule has 20 heavy (non-hydrogen) atoms. The highest BCUT2D eigenvalue weighted by Gasteiger charge is 2.07. The highest BCUT2D eigenvalue weighted by atomic mass is 79.9. The number of rotatable bonds is 2. The monoisotopic (exact) mass is 344 g/mol. The summed E-state index contributed by atoms with van der Waals surface area (Å²) in [5, 5.41) is 6.66. The first-order valence-electron chi connectivity index (χ1n) is 6.03. The molecular weight excluding hydrogens is 336 g/mol. The van der Waals surface area contributed by atoms with Crippen LogP contribution in [0.15, 0.2) is 52.8 Å². The van der Waals surface area contributed by atoms with Gasteiger partial charge in [-0.3, -0.25) is 0 Å². The van der Waals surface area contributed by atoms with E-state index in [0.29, 0.717) is 0 Å². The molecule has 0 unspecified atom stereocenters. The number of imidazole rings is 1. The van der Waals surface area contributed by atoms with Crippen molar-refractivity contribution in [2.75, 3.05) is 5.32 Å². The summed E-state index contributed by atoms with van der Waals surface area (Å²) in [5.41, 5.74) is 1.81. The van der Waals surface area contributed by atoms with Gasteiger partial charge in [-0.1, -0.05) is 0 Å². The minimum Gasteiger partial charge on any atom is -0.337 e. The van der Waals surface area contributed by atoms with Crippen LogP contribution in [0.5, 0.6) is 0 Å². The van der Waals surface area contributed by atoms with E-state index in [0.717, 1.165) is 21.8 Å². The maximum Gasteiger partial charge on any atom is 0.180 e. The summed E-state index contributed by atoms with van der Waals surface area (Å²) >= 11 is 5.16. The van der Waals surface area contributed by atoms with Crippen LogP contribution < -0.4 is 5.32 Å². The van der Waals surface area contributed by atoms with Crippen molar-refractivity contribution in [2.45, 2.75) is 0 Å². The Balaban J connectivity index is 1.81. The number of thiophene rings is 1. The van der Waals surface area contributed by atoms with Crippen LogP contribution in [0.4, 0.5) is 11.5 Å². The quantitative estimate of drug-likeness (QED) is 0.584. The van der Waals surface area contributed by atoms with Gasteiger partial charge in [0.1, 0.15) is 4.60 Å². The molecule has 0 atom stereocenters. The number of halogens is 1. The van der Waals surface area contributed by atoms with Crippen molar-refractivity contribution in [3.63, 3.8) is 0 Å². The fourth-order valence-electron chi connectivity index (χ4n) is 2.17. The molecule has 0 saturated carbocycles. The molecule has 98 valence electrons. The lowest BCUT2D eigenvalue weighted by Crippen LogP contribution is -1.98. The lowest BCUT2D eigenvalue weighted by molar-refractivity contribution is 1.10. The molecule has 3 aromatic heterocycles. The van der Waals surface area contributed by atoms with Crippen LogP contribution in [0.25, 0.3) is 15.7 Å². The highest BCUT2D eigenvalue weighted by Crippen LogP contribution is 2.27. The molecule has 0 amide bonds. The van der Waals surface area contributed by atoms with Gasteiger partial charge in [0.15, 0.2) is 11.5 Å². The molecule has 4 aromatic rings. The van der Waals surface area contributed by atoms with Crippen LogP contribution in [0.2, 0.25) is 0 Å². The Morgan fingerprint density at radius 2 is 2.20 bits per heavy atom. The Hall–Kier alpha value is -1.92. The number of anilines is 2. The third-order valence-electron chi connectivity index (χ3n) is 3.06. The second kappa shape index (κ2) is 4.57. The number of fused-ring (bicyclic) bond motifs is 2. The molecule has 4 rings (SSSR count). The van der Waals surface area contributed by atoms with E-state index >= 15 is 0 Å². The second-order valence-electron chi connectivity index (χ2n) is 4.37.